The Labute approximate surface area is 126 Å². The molecule has 0 fully saturated rings. The van der Waals surface area contributed by atoms with Crippen LogP contribution in [0.1, 0.15) is 31.9 Å². The van der Waals surface area contributed by atoms with E-state index in [1.54, 1.807) is 12.1 Å². The lowest BCUT2D eigenvalue weighted by molar-refractivity contribution is 0.304. The Balaban J connectivity index is 2.02. The summed E-state index contributed by atoms with van der Waals surface area (Å²) in [5.74, 6) is 0.617. The van der Waals surface area contributed by atoms with Gasteiger partial charge in [-0.25, -0.2) is 4.39 Å². The van der Waals surface area contributed by atoms with Crippen LogP contribution >= 0.6 is 0 Å². The van der Waals surface area contributed by atoms with E-state index in [1.807, 2.05) is 19.1 Å². The van der Waals surface area contributed by atoms with Crippen molar-refractivity contribution in [1.82, 2.24) is 0 Å². The van der Waals surface area contributed by atoms with Crippen molar-refractivity contribution in [2.75, 3.05) is 5.32 Å². The van der Waals surface area contributed by atoms with Gasteiger partial charge in [0.25, 0.3) is 0 Å². The SMILES string of the molecule is Cc1cc(NC(C)(C)C)ccc1OCc1ccc(F)cc1. The van der Waals surface area contributed by atoms with Crippen LogP contribution in [0.4, 0.5) is 10.1 Å². The van der Waals surface area contributed by atoms with Gasteiger partial charge in [-0.15, -0.1) is 0 Å². The first kappa shape index (κ1) is 15.4. The van der Waals surface area contributed by atoms with Crippen LogP contribution in [0.15, 0.2) is 42.5 Å². The van der Waals surface area contributed by atoms with E-state index >= 15 is 0 Å². The van der Waals surface area contributed by atoms with Crippen molar-refractivity contribution in [3.63, 3.8) is 0 Å². The van der Waals surface area contributed by atoms with E-state index in [1.165, 1.54) is 12.1 Å². The average molecular weight is 287 g/mol. The van der Waals surface area contributed by atoms with E-state index in [0.29, 0.717) is 6.61 Å². The minimum Gasteiger partial charge on any atom is -0.489 e. The molecule has 0 radical (unpaired) electrons. The van der Waals surface area contributed by atoms with Crippen molar-refractivity contribution < 1.29 is 9.13 Å². The van der Waals surface area contributed by atoms with Crippen molar-refractivity contribution in [1.29, 1.82) is 0 Å². The first-order chi connectivity index (χ1) is 9.83. The summed E-state index contributed by atoms with van der Waals surface area (Å²) in [6.07, 6.45) is 0. The molecule has 0 saturated heterocycles. The molecular weight excluding hydrogens is 265 g/mol. The van der Waals surface area contributed by atoms with Gasteiger partial charge < -0.3 is 10.1 Å². The Morgan fingerprint density at radius 1 is 1.05 bits per heavy atom. The van der Waals surface area contributed by atoms with Crippen molar-refractivity contribution in [3.8, 4) is 5.75 Å². The lowest BCUT2D eigenvalue weighted by Crippen LogP contribution is -2.25. The number of hydrogen-bond acceptors (Lipinski definition) is 2. The second-order valence-corrected chi connectivity index (χ2v) is 6.27. The third-order valence-corrected chi connectivity index (χ3v) is 3.00. The summed E-state index contributed by atoms with van der Waals surface area (Å²) in [6.45, 7) is 8.84. The average Bonchev–Trinajstić information content (AvgIpc) is 2.38. The zero-order valence-electron chi connectivity index (χ0n) is 13.0. The van der Waals surface area contributed by atoms with Crippen LogP contribution in [0.2, 0.25) is 0 Å². The molecule has 21 heavy (non-hydrogen) atoms. The van der Waals surface area contributed by atoms with Gasteiger partial charge in [0, 0.05) is 11.2 Å². The van der Waals surface area contributed by atoms with E-state index in [0.717, 1.165) is 22.6 Å². The third kappa shape index (κ3) is 4.78. The van der Waals surface area contributed by atoms with E-state index < -0.39 is 0 Å². The van der Waals surface area contributed by atoms with Crippen molar-refractivity contribution in [3.05, 3.63) is 59.4 Å². The van der Waals surface area contributed by atoms with E-state index in [9.17, 15) is 4.39 Å². The molecule has 0 saturated carbocycles. The molecule has 112 valence electrons. The molecule has 0 heterocycles. The highest BCUT2D eigenvalue weighted by molar-refractivity contribution is 5.52. The summed E-state index contributed by atoms with van der Waals surface area (Å²) >= 11 is 0. The topological polar surface area (TPSA) is 21.3 Å². The fraction of sp³-hybridized carbons (Fsp3) is 0.333. The van der Waals surface area contributed by atoms with Gasteiger partial charge in [-0.05, 0) is 69.2 Å². The Hall–Kier alpha value is -2.03. The van der Waals surface area contributed by atoms with Crippen LogP contribution in [0.3, 0.4) is 0 Å². The molecule has 2 nitrogen and oxygen atoms in total. The largest absolute Gasteiger partial charge is 0.489 e. The first-order valence-corrected chi connectivity index (χ1v) is 7.09. The molecule has 0 amide bonds. The molecule has 0 atom stereocenters. The van der Waals surface area contributed by atoms with E-state index in [2.05, 4.69) is 32.2 Å². The molecule has 0 aliphatic carbocycles. The summed E-state index contributed by atoms with van der Waals surface area (Å²) in [4.78, 5) is 0. The number of rotatable bonds is 4. The summed E-state index contributed by atoms with van der Waals surface area (Å²) in [7, 11) is 0. The zero-order chi connectivity index (χ0) is 15.5. The standard InChI is InChI=1S/C18H22FNO/c1-13-11-16(20-18(2,3)4)9-10-17(13)21-12-14-5-7-15(19)8-6-14/h5-11,20H,12H2,1-4H3. The lowest BCUT2D eigenvalue weighted by atomic mass is 10.1. The number of aryl methyl sites for hydroxylation is 1. The van der Waals surface area contributed by atoms with Crippen LogP contribution < -0.4 is 10.1 Å². The zero-order valence-corrected chi connectivity index (χ0v) is 13.0. The molecule has 2 aromatic rings. The van der Waals surface area contributed by atoms with Crippen LogP contribution in [-0.2, 0) is 6.61 Å². The van der Waals surface area contributed by atoms with Gasteiger partial charge in [-0.3, -0.25) is 0 Å². The van der Waals surface area contributed by atoms with Crippen molar-refractivity contribution in [2.24, 2.45) is 0 Å². The van der Waals surface area contributed by atoms with Gasteiger partial charge in [-0.1, -0.05) is 12.1 Å². The van der Waals surface area contributed by atoms with E-state index in [4.69, 9.17) is 4.74 Å². The van der Waals surface area contributed by atoms with Gasteiger partial charge in [0.05, 0.1) is 0 Å². The Kier molecular flexibility index (Phi) is 4.51. The summed E-state index contributed by atoms with van der Waals surface area (Å²) < 4.78 is 18.6. The van der Waals surface area contributed by atoms with Crippen molar-refractivity contribution >= 4 is 5.69 Å². The maximum absolute atomic E-state index is 12.8. The molecule has 0 aromatic heterocycles. The fourth-order valence-electron chi connectivity index (χ4n) is 2.06. The summed E-state index contributed by atoms with van der Waals surface area (Å²) in [6, 6.07) is 12.4. The molecular formula is C18H22FNO. The second-order valence-electron chi connectivity index (χ2n) is 6.27. The minimum absolute atomic E-state index is 0.0307. The van der Waals surface area contributed by atoms with Crippen LogP contribution in [0.5, 0.6) is 5.75 Å². The minimum atomic E-state index is -0.229. The Morgan fingerprint density at radius 2 is 1.71 bits per heavy atom. The number of ether oxygens (including phenoxy) is 1. The maximum atomic E-state index is 12.8. The highest BCUT2D eigenvalue weighted by Gasteiger charge is 2.10. The number of benzene rings is 2. The van der Waals surface area contributed by atoms with Crippen molar-refractivity contribution in [2.45, 2.75) is 39.8 Å². The maximum Gasteiger partial charge on any atom is 0.123 e. The highest BCUT2D eigenvalue weighted by Crippen LogP contribution is 2.24. The fourth-order valence-corrected chi connectivity index (χ4v) is 2.06. The molecule has 2 rings (SSSR count). The molecule has 0 spiro atoms. The number of halogens is 1. The second kappa shape index (κ2) is 6.17. The predicted molar refractivity (Wildman–Crippen MR) is 85.3 cm³/mol. The quantitative estimate of drug-likeness (QED) is 0.861. The Bertz CT molecular complexity index is 600. The van der Waals surface area contributed by atoms with Gasteiger partial charge in [0.2, 0.25) is 0 Å². The van der Waals surface area contributed by atoms with Gasteiger partial charge in [0.15, 0.2) is 0 Å². The number of anilines is 1. The predicted octanol–water partition coefficient (Wildman–Crippen LogP) is 4.92. The van der Waals surface area contributed by atoms with Crippen LogP contribution in [0.25, 0.3) is 0 Å². The molecule has 0 aliphatic rings. The normalized spacial score (nSPS) is 11.3. The van der Waals surface area contributed by atoms with Gasteiger partial charge in [0.1, 0.15) is 18.2 Å². The smallest absolute Gasteiger partial charge is 0.123 e. The molecule has 0 unspecified atom stereocenters. The molecule has 2 aromatic carbocycles. The lowest BCUT2D eigenvalue weighted by Gasteiger charge is -2.22. The number of nitrogens with one attached hydrogen (secondary N) is 1. The molecule has 0 bridgehead atoms. The van der Waals surface area contributed by atoms with Gasteiger partial charge in [-0.2, -0.15) is 0 Å². The molecule has 0 aliphatic heterocycles. The Morgan fingerprint density at radius 3 is 2.29 bits per heavy atom. The highest BCUT2D eigenvalue weighted by atomic mass is 19.1. The van der Waals surface area contributed by atoms with E-state index in [-0.39, 0.29) is 11.4 Å². The summed E-state index contributed by atoms with van der Waals surface area (Å²) in [5.41, 5.74) is 3.14. The number of hydrogen-bond donors (Lipinski definition) is 1. The third-order valence-electron chi connectivity index (χ3n) is 3.00. The first-order valence-electron chi connectivity index (χ1n) is 7.09. The molecule has 1 N–H and O–H groups in total. The van der Waals surface area contributed by atoms with Crippen LogP contribution in [-0.4, -0.2) is 5.54 Å². The summed E-state index contributed by atoms with van der Waals surface area (Å²) in [5, 5.41) is 3.43. The molecule has 3 heteroatoms. The van der Waals surface area contributed by atoms with Crippen LogP contribution in [0, 0.1) is 12.7 Å². The monoisotopic (exact) mass is 287 g/mol. The van der Waals surface area contributed by atoms with Gasteiger partial charge >= 0.3 is 0 Å².